The van der Waals surface area contributed by atoms with Crippen molar-refractivity contribution in [3.63, 3.8) is 0 Å². The summed E-state index contributed by atoms with van der Waals surface area (Å²) in [6.45, 7) is 2.49. The van der Waals surface area contributed by atoms with E-state index in [2.05, 4.69) is 4.98 Å². The number of hydrogen-bond acceptors (Lipinski definition) is 3. The van der Waals surface area contributed by atoms with E-state index < -0.39 is 11.9 Å². The number of carboxylic acid groups (broad SMARTS) is 1. The molecule has 1 N–H and O–H groups in total. The van der Waals surface area contributed by atoms with Gasteiger partial charge in [0, 0.05) is 30.9 Å². The van der Waals surface area contributed by atoms with Crippen LogP contribution < -0.4 is 0 Å². The van der Waals surface area contributed by atoms with Gasteiger partial charge in [0.1, 0.15) is 0 Å². The number of rotatable bonds is 3. The van der Waals surface area contributed by atoms with Crippen molar-refractivity contribution < 1.29 is 14.7 Å². The predicted octanol–water partition coefficient (Wildman–Crippen LogP) is 2.33. The zero-order valence-corrected chi connectivity index (χ0v) is 12.8. The Bertz CT molecular complexity index is 713. The van der Waals surface area contributed by atoms with E-state index in [1.54, 1.807) is 23.2 Å². The Kier molecular flexibility index (Phi) is 4.10. The Labute approximate surface area is 134 Å². The first-order chi connectivity index (χ1) is 11.1. The smallest absolute Gasteiger partial charge is 0.308 e. The molecule has 0 spiro atoms. The van der Waals surface area contributed by atoms with E-state index in [9.17, 15) is 14.7 Å². The normalized spacial score (nSPS) is 20.5. The highest BCUT2D eigenvalue weighted by molar-refractivity contribution is 5.94. The third kappa shape index (κ3) is 3.08. The Morgan fingerprint density at radius 1 is 1.13 bits per heavy atom. The number of hydrogen-bond donors (Lipinski definition) is 1. The van der Waals surface area contributed by atoms with Crippen LogP contribution >= 0.6 is 0 Å². The summed E-state index contributed by atoms with van der Waals surface area (Å²) in [6, 6.07) is 13.0. The molecule has 2 heterocycles. The lowest BCUT2D eigenvalue weighted by Crippen LogP contribution is -2.30. The molecule has 0 saturated carbocycles. The van der Waals surface area contributed by atoms with Crippen molar-refractivity contribution in [2.24, 2.45) is 5.92 Å². The fourth-order valence-electron chi connectivity index (χ4n) is 3.03. The maximum absolute atomic E-state index is 12.6. The monoisotopic (exact) mass is 310 g/mol. The number of benzene rings is 1. The molecular formula is C18H18N2O3. The average Bonchev–Trinajstić information content (AvgIpc) is 3.01. The van der Waals surface area contributed by atoms with Crippen LogP contribution in [0.15, 0.2) is 48.7 Å². The van der Waals surface area contributed by atoms with Crippen molar-refractivity contribution in [1.82, 2.24) is 9.88 Å². The minimum absolute atomic E-state index is 0.165. The second-order valence-electron chi connectivity index (χ2n) is 5.86. The van der Waals surface area contributed by atoms with Crippen LogP contribution in [0.25, 0.3) is 0 Å². The van der Waals surface area contributed by atoms with Crippen molar-refractivity contribution in [3.8, 4) is 0 Å². The zero-order valence-electron chi connectivity index (χ0n) is 12.8. The van der Waals surface area contributed by atoms with Crippen LogP contribution in [-0.2, 0) is 4.79 Å². The number of aromatic nitrogens is 1. The lowest BCUT2D eigenvalue weighted by Gasteiger charge is -2.16. The second-order valence-corrected chi connectivity index (χ2v) is 5.86. The van der Waals surface area contributed by atoms with Gasteiger partial charge in [-0.25, -0.2) is 0 Å². The number of amides is 1. The van der Waals surface area contributed by atoms with Gasteiger partial charge in [-0.05, 0) is 24.6 Å². The largest absolute Gasteiger partial charge is 0.481 e. The van der Waals surface area contributed by atoms with Gasteiger partial charge in [-0.3, -0.25) is 14.6 Å². The van der Waals surface area contributed by atoms with E-state index in [1.807, 2.05) is 37.3 Å². The number of aliphatic carboxylic acids is 1. The van der Waals surface area contributed by atoms with Gasteiger partial charge in [-0.2, -0.15) is 0 Å². The van der Waals surface area contributed by atoms with Crippen molar-refractivity contribution in [3.05, 3.63) is 65.5 Å². The highest BCUT2D eigenvalue weighted by Gasteiger charge is 2.40. The molecule has 3 rings (SSSR count). The van der Waals surface area contributed by atoms with Gasteiger partial charge in [0.15, 0.2) is 0 Å². The van der Waals surface area contributed by atoms with E-state index in [1.165, 1.54) is 0 Å². The maximum Gasteiger partial charge on any atom is 0.308 e. The average molecular weight is 310 g/mol. The highest BCUT2D eigenvalue weighted by atomic mass is 16.4. The first kappa shape index (κ1) is 15.2. The fraction of sp³-hybridized carbons (Fsp3) is 0.278. The van der Waals surface area contributed by atoms with Crippen LogP contribution in [0, 0.1) is 12.8 Å². The molecule has 5 heteroatoms. The summed E-state index contributed by atoms with van der Waals surface area (Å²) in [4.78, 5) is 29.9. The molecule has 2 aromatic rings. The molecule has 118 valence electrons. The summed E-state index contributed by atoms with van der Waals surface area (Å²) >= 11 is 0. The summed E-state index contributed by atoms with van der Waals surface area (Å²) < 4.78 is 0. The number of nitrogens with zero attached hydrogens (tertiary/aromatic N) is 2. The second kappa shape index (κ2) is 6.20. The predicted molar refractivity (Wildman–Crippen MR) is 85.2 cm³/mol. The summed E-state index contributed by atoms with van der Waals surface area (Å²) in [6.07, 6.45) is 1.54. The summed E-state index contributed by atoms with van der Waals surface area (Å²) in [5, 5.41) is 9.50. The summed E-state index contributed by atoms with van der Waals surface area (Å²) in [7, 11) is 0. The van der Waals surface area contributed by atoms with Gasteiger partial charge >= 0.3 is 5.97 Å². The molecule has 1 aliphatic heterocycles. The third-order valence-corrected chi connectivity index (χ3v) is 4.31. The van der Waals surface area contributed by atoms with Gasteiger partial charge in [-0.15, -0.1) is 0 Å². The Morgan fingerprint density at radius 2 is 1.87 bits per heavy atom. The molecule has 0 aliphatic carbocycles. The number of pyridine rings is 1. The van der Waals surface area contributed by atoms with Gasteiger partial charge < -0.3 is 10.0 Å². The topological polar surface area (TPSA) is 70.5 Å². The molecule has 0 radical (unpaired) electrons. The highest BCUT2D eigenvalue weighted by Crippen LogP contribution is 2.33. The number of carboxylic acids is 1. The molecule has 1 aromatic heterocycles. The first-order valence-electron chi connectivity index (χ1n) is 7.56. The van der Waals surface area contributed by atoms with Gasteiger partial charge in [0.25, 0.3) is 5.91 Å². The Balaban J connectivity index is 1.84. The Morgan fingerprint density at radius 3 is 2.48 bits per heavy atom. The van der Waals surface area contributed by atoms with Crippen LogP contribution in [0.1, 0.15) is 27.5 Å². The van der Waals surface area contributed by atoms with Gasteiger partial charge in [-0.1, -0.05) is 30.3 Å². The quantitative estimate of drug-likeness (QED) is 0.944. The van der Waals surface area contributed by atoms with Crippen molar-refractivity contribution >= 4 is 11.9 Å². The van der Waals surface area contributed by atoms with Crippen LogP contribution in [0.5, 0.6) is 0 Å². The van der Waals surface area contributed by atoms with Crippen molar-refractivity contribution in [2.75, 3.05) is 13.1 Å². The van der Waals surface area contributed by atoms with Crippen LogP contribution in [0.4, 0.5) is 0 Å². The number of carbonyl (C=O) groups excluding carboxylic acids is 1. The lowest BCUT2D eigenvalue weighted by molar-refractivity contribution is -0.141. The molecule has 1 aliphatic rings. The standard InChI is InChI=1S/C18H18N2O3/c1-12-7-8-14(9-19-12)17(21)20-10-15(16(11-20)18(22)23)13-5-3-2-4-6-13/h2-9,15-16H,10-11H2,1H3,(H,22,23). The van der Waals surface area contributed by atoms with E-state index in [0.717, 1.165) is 11.3 Å². The molecule has 0 bridgehead atoms. The molecule has 2 unspecified atom stereocenters. The van der Waals surface area contributed by atoms with E-state index in [0.29, 0.717) is 12.1 Å². The van der Waals surface area contributed by atoms with E-state index in [4.69, 9.17) is 0 Å². The SMILES string of the molecule is Cc1ccc(C(=O)N2CC(C(=O)O)C(c3ccccc3)C2)cn1. The molecule has 1 amide bonds. The minimum Gasteiger partial charge on any atom is -0.481 e. The first-order valence-corrected chi connectivity index (χ1v) is 7.56. The third-order valence-electron chi connectivity index (χ3n) is 4.31. The van der Waals surface area contributed by atoms with E-state index in [-0.39, 0.29) is 18.4 Å². The van der Waals surface area contributed by atoms with Crippen LogP contribution in [-0.4, -0.2) is 40.0 Å². The summed E-state index contributed by atoms with van der Waals surface area (Å²) in [5.74, 6) is -1.80. The number of aryl methyl sites for hydroxylation is 1. The molecule has 1 saturated heterocycles. The fourth-order valence-corrected chi connectivity index (χ4v) is 3.03. The van der Waals surface area contributed by atoms with Crippen LogP contribution in [0.3, 0.4) is 0 Å². The van der Waals surface area contributed by atoms with E-state index >= 15 is 0 Å². The van der Waals surface area contributed by atoms with Gasteiger partial charge in [0.05, 0.1) is 11.5 Å². The maximum atomic E-state index is 12.6. The van der Waals surface area contributed by atoms with Crippen LogP contribution in [0.2, 0.25) is 0 Å². The molecule has 23 heavy (non-hydrogen) atoms. The van der Waals surface area contributed by atoms with Gasteiger partial charge in [0.2, 0.25) is 0 Å². The lowest BCUT2D eigenvalue weighted by atomic mass is 9.89. The number of carbonyl (C=O) groups is 2. The summed E-state index contributed by atoms with van der Waals surface area (Å²) in [5.41, 5.74) is 2.29. The minimum atomic E-state index is -0.865. The molecule has 2 atom stereocenters. The Hall–Kier alpha value is -2.69. The number of likely N-dealkylation sites (tertiary alicyclic amines) is 1. The van der Waals surface area contributed by atoms with Crippen molar-refractivity contribution in [1.29, 1.82) is 0 Å². The molecular weight excluding hydrogens is 292 g/mol. The van der Waals surface area contributed by atoms with Crippen molar-refractivity contribution in [2.45, 2.75) is 12.8 Å². The zero-order chi connectivity index (χ0) is 16.4. The molecule has 5 nitrogen and oxygen atoms in total. The molecule has 1 aromatic carbocycles. The molecule has 1 fully saturated rings.